The summed E-state index contributed by atoms with van der Waals surface area (Å²) in [5, 5.41) is 2.90. The van der Waals surface area contributed by atoms with Crippen molar-refractivity contribution in [1.29, 1.82) is 0 Å². The lowest BCUT2D eigenvalue weighted by molar-refractivity contribution is -0.115. The van der Waals surface area contributed by atoms with Gasteiger partial charge in [-0.05, 0) is 36.2 Å². The number of aromatic nitrogens is 1. The van der Waals surface area contributed by atoms with Crippen LogP contribution in [0.2, 0.25) is 0 Å². The van der Waals surface area contributed by atoms with Gasteiger partial charge in [-0.25, -0.2) is 4.98 Å². The SMILES string of the molecule is O=C(Cc1ccccc1)Nc1ccc(N2CCCN(C(=O)c3ccccc3)CC2)nc1. The Morgan fingerprint density at radius 1 is 0.839 bits per heavy atom. The third-order valence-electron chi connectivity index (χ3n) is 5.37. The molecule has 1 N–H and O–H groups in total. The van der Waals surface area contributed by atoms with Gasteiger partial charge in [0.1, 0.15) is 5.82 Å². The number of anilines is 2. The highest BCUT2D eigenvalue weighted by molar-refractivity contribution is 5.94. The van der Waals surface area contributed by atoms with Crippen molar-refractivity contribution in [2.24, 2.45) is 0 Å². The Morgan fingerprint density at radius 2 is 1.58 bits per heavy atom. The summed E-state index contributed by atoms with van der Waals surface area (Å²) in [7, 11) is 0. The van der Waals surface area contributed by atoms with E-state index in [1.807, 2.05) is 77.7 Å². The molecule has 0 atom stereocenters. The summed E-state index contributed by atoms with van der Waals surface area (Å²) in [4.78, 5) is 33.6. The van der Waals surface area contributed by atoms with E-state index < -0.39 is 0 Å². The standard InChI is InChI=1S/C25H26N4O2/c30-24(18-20-8-3-1-4-9-20)27-22-12-13-23(26-19-22)28-14-7-15-29(17-16-28)25(31)21-10-5-2-6-11-21/h1-6,8-13,19H,7,14-18H2,(H,27,30). The van der Waals surface area contributed by atoms with Crippen LogP contribution >= 0.6 is 0 Å². The zero-order valence-electron chi connectivity index (χ0n) is 17.4. The molecule has 1 aliphatic rings. The fourth-order valence-corrected chi connectivity index (χ4v) is 3.75. The molecule has 4 rings (SSSR count). The molecule has 0 saturated carbocycles. The van der Waals surface area contributed by atoms with Crippen LogP contribution < -0.4 is 10.2 Å². The Bertz CT molecular complexity index is 1010. The van der Waals surface area contributed by atoms with Gasteiger partial charge >= 0.3 is 0 Å². The molecular weight excluding hydrogens is 388 g/mol. The van der Waals surface area contributed by atoms with E-state index in [-0.39, 0.29) is 11.8 Å². The number of nitrogens with zero attached hydrogens (tertiary/aromatic N) is 3. The number of pyridine rings is 1. The van der Waals surface area contributed by atoms with Gasteiger partial charge in [0.2, 0.25) is 5.91 Å². The van der Waals surface area contributed by atoms with Crippen LogP contribution in [0.25, 0.3) is 0 Å². The second kappa shape index (κ2) is 9.89. The topological polar surface area (TPSA) is 65.5 Å². The first-order chi connectivity index (χ1) is 15.2. The normalized spacial score (nSPS) is 14.1. The van der Waals surface area contributed by atoms with Crippen molar-refractivity contribution in [3.8, 4) is 0 Å². The summed E-state index contributed by atoms with van der Waals surface area (Å²) < 4.78 is 0. The van der Waals surface area contributed by atoms with E-state index in [4.69, 9.17) is 0 Å². The summed E-state index contributed by atoms with van der Waals surface area (Å²) >= 11 is 0. The van der Waals surface area contributed by atoms with Crippen LogP contribution in [0.1, 0.15) is 22.3 Å². The van der Waals surface area contributed by atoms with Crippen molar-refractivity contribution in [3.05, 3.63) is 90.1 Å². The van der Waals surface area contributed by atoms with Gasteiger partial charge in [-0.15, -0.1) is 0 Å². The molecule has 0 radical (unpaired) electrons. The van der Waals surface area contributed by atoms with Crippen LogP contribution in [0.3, 0.4) is 0 Å². The van der Waals surface area contributed by atoms with Crippen molar-refractivity contribution < 1.29 is 9.59 Å². The van der Waals surface area contributed by atoms with Gasteiger partial charge in [-0.2, -0.15) is 0 Å². The molecular formula is C25H26N4O2. The van der Waals surface area contributed by atoms with Gasteiger partial charge in [0.25, 0.3) is 5.91 Å². The molecule has 1 aliphatic heterocycles. The second-order valence-corrected chi connectivity index (χ2v) is 7.61. The predicted octanol–water partition coefficient (Wildman–Crippen LogP) is 3.62. The van der Waals surface area contributed by atoms with E-state index in [0.29, 0.717) is 18.7 Å². The van der Waals surface area contributed by atoms with E-state index in [1.165, 1.54) is 0 Å². The molecule has 1 saturated heterocycles. The molecule has 0 spiro atoms. The largest absolute Gasteiger partial charge is 0.355 e. The first kappa shape index (κ1) is 20.6. The third kappa shape index (κ3) is 5.48. The monoisotopic (exact) mass is 414 g/mol. The lowest BCUT2D eigenvalue weighted by Crippen LogP contribution is -2.35. The van der Waals surface area contributed by atoms with Crippen molar-refractivity contribution in [1.82, 2.24) is 9.88 Å². The Kier molecular flexibility index (Phi) is 6.57. The maximum absolute atomic E-state index is 12.7. The first-order valence-corrected chi connectivity index (χ1v) is 10.6. The highest BCUT2D eigenvalue weighted by Crippen LogP contribution is 2.17. The molecule has 0 unspecified atom stereocenters. The number of carbonyl (C=O) groups is 2. The molecule has 3 aromatic rings. The van der Waals surface area contributed by atoms with Crippen molar-refractivity contribution in [2.75, 3.05) is 36.4 Å². The Morgan fingerprint density at radius 3 is 2.29 bits per heavy atom. The van der Waals surface area contributed by atoms with Crippen LogP contribution in [-0.4, -0.2) is 47.9 Å². The minimum Gasteiger partial charge on any atom is -0.355 e. The molecule has 6 nitrogen and oxygen atoms in total. The van der Waals surface area contributed by atoms with E-state index >= 15 is 0 Å². The summed E-state index contributed by atoms with van der Waals surface area (Å²) in [6.07, 6.45) is 2.91. The highest BCUT2D eigenvalue weighted by atomic mass is 16.2. The number of benzene rings is 2. The number of rotatable bonds is 5. The number of carbonyl (C=O) groups excluding carboxylic acids is 2. The molecule has 1 aromatic heterocycles. The Labute approximate surface area is 182 Å². The quantitative estimate of drug-likeness (QED) is 0.693. The summed E-state index contributed by atoms with van der Waals surface area (Å²) in [5.41, 5.74) is 2.38. The van der Waals surface area contributed by atoms with Gasteiger partial charge in [-0.3, -0.25) is 9.59 Å². The summed E-state index contributed by atoms with van der Waals surface area (Å²) in [6.45, 7) is 2.96. The average Bonchev–Trinajstić information content (AvgIpc) is 3.07. The molecule has 2 aromatic carbocycles. The maximum atomic E-state index is 12.7. The minimum atomic E-state index is -0.0643. The molecule has 2 amide bonds. The van der Waals surface area contributed by atoms with Gasteiger partial charge in [0.15, 0.2) is 0 Å². The number of hydrogen-bond donors (Lipinski definition) is 1. The first-order valence-electron chi connectivity index (χ1n) is 10.6. The number of hydrogen-bond acceptors (Lipinski definition) is 4. The lowest BCUT2D eigenvalue weighted by Gasteiger charge is -2.23. The van der Waals surface area contributed by atoms with Crippen LogP contribution in [0.5, 0.6) is 0 Å². The summed E-state index contributed by atoms with van der Waals surface area (Å²) in [6, 6.07) is 22.9. The molecule has 31 heavy (non-hydrogen) atoms. The van der Waals surface area contributed by atoms with E-state index in [0.717, 1.165) is 43.0 Å². The Hall–Kier alpha value is -3.67. The number of amides is 2. The van der Waals surface area contributed by atoms with Crippen LogP contribution in [0.4, 0.5) is 11.5 Å². The third-order valence-corrected chi connectivity index (χ3v) is 5.37. The highest BCUT2D eigenvalue weighted by Gasteiger charge is 2.20. The fraction of sp³-hybridized carbons (Fsp3) is 0.240. The van der Waals surface area contributed by atoms with Gasteiger partial charge in [0.05, 0.1) is 18.3 Å². The van der Waals surface area contributed by atoms with Gasteiger partial charge in [-0.1, -0.05) is 48.5 Å². The summed E-state index contributed by atoms with van der Waals surface area (Å²) in [5.74, 6) is 0.868. The molecule has 0 bridgehead atoms. The lowest BCUT2D eigenvalue weighted by atomic mass is 10.1. The molecule has 1 fully saturated rings. The van der Waals surface area contributed by atoms with Crippen LogP contribution in [-0.2, 0) is 11.2 Å². The smallest absolute Gasteiger partial charge is 0.253 e. The Balaban J connectivity index is 1.32. The molecule has 2 heterocycles. The predicted molar refractivity (Wildman–Crippen MR) is 122 cm³/mol. The fourth-order valence-electron chi connectivity index (χ4n) is 3.75. The zero-order chi connectivity index (χ0) is 21.5. The van der Waals surface area contributed by atoms with Crippen molar-refractivity contribution in [2.45, 2.75) is 12.8 Å². The van der Waals surface area contributed by atoms with Crippen molar-refractivity contribution >= 4 is 23.3 Å². The van der Waals surface area contributed by atoms with Gasteiger partial charge < -0.3 is 15.1 Å². The molecule has 6 heteroatoms. The van der Waals surface area contributed by atoms with E-state index in [2.05, 4.69) is 15.2 Å². The van der Waals surface area contributed by atoms with Crippen molar-refractivity contribution in [3.63, 3.8) is 0 Å². The van der Waals surface area contributed by atoms with E-state index in [9.17, 15) is 9.59 Å². The molecule has 158 valence electrons. The minimum absolute atomic E-state index is 0.0643. The van der Waals surface area contributed by atoms with E-state index in [1.54, 1.807) is 6.20 Å². The molecule has 0 aliphatic carbocycles. The van der Waals surface area contributed by atoms with Gasteiger partial charge in [0, 0.05) is 31.7 Å². The average molecular weight is 415 g/mol. The second-order valence-electron chi connectivity index (χ2n) is 7.61. The number of nitrogens with one attached hydrogen (secondary N) is 1. The van der Waals surface area contributed by atoms with Crippen LogP contribution in [0.15, 0.2) is 79.0 Å². The van der Waals surface area contributed by atoms with Crippen LogP contribution in [0, 0.1) is 0 Å². The maximum Gasteiger partial charge on any atom is 0.253 e. The zero-order valence-corrected chi connectivity index (χ0v) is 17.4.